The Bertz CT molecular complexity index is 630. The smallest absolute Gasteiger partial charge is 0.331 e. The summed E-state index contributed by atoms with van der Waals surface area (Å²) in [5, 5.41) is 2.52. The van der Waals surface area contributed by atoms with Crippen LogP contribution in [0.5, 0.6) is 0 Å². The van der Waals surface area contributed by atoms with Gasteiger partial charge in [0.2, 0.25) is 0 Å². The van der Waals surface area contributed by atoms with Gasteiger partial charge in [-0.2, -0.15) is 0 Å². The van der Waals surface area contributed by atoms with Crippen LogP contribution in [0.4, 0.5) is 4.79 Å². The second kappa shape index (κ2) is 7.22. The number of imide groups is 1. The summed E-state index contributed by atoms with van der Waals surface area (Å²) in [4.78, 5) is 36.1. The van der Waals surface area contributed by atoms with E-state index in [0.29, 0.717) is 6.54 Å². The summed E-state index contributed by atoms with van der Waals surface area (Å²) in [6.45, 7) is 2.14. The van der Waals surface area contributed by atoms with Gasteiger partial charge in [0.15, 0.2) is 6.10 Å². The van der Waals surface area contributed by atoms with Crippen LogP contribution >= 0.6 is 15.9 Å². The molecule has 2 rings (SSSR count). The lowest BCUT2D eigenvalue weighted by Crippen LogP contribution is -2.41. The number of hydrogen-bond acceptors (Lipinski definition) is 4. The highest BCUT2D eigenvalue weighted by atomic mass is 79.9. The van der Waals surface area contributed by atoms with Crippen molar-refractivity contribution in [1.82, 2.24) is 10.2 Å². The fraction of sp³-hybridized carbons (Fsp3) is 0.267. The second-order valence-electron chi connectivity index (χ2n) is 4.66. The van der Waals surface area contributed by atoms with E-state index in [1.54, 1.807) is 6.08 Å². The molecule has 0 aliphatic carbocycles. The number of hydrogen-bond donors (Lipinski definition) is 1. The van der Waals surface area contributed by atoms with Crippen molar-refractivity contribution >= 4 is 39.9 Å². The first-order valence-electron chi connectivity index (χ1n) is 6.71. The highest BCUT2D eigenvalue weighted by molar-refractivity contribution is 9.10. The normalized spacial score (nSPS) is 15.7. The van der Waals surface area contributed by atoms with Crippen LogP contribution in [0.3, 0.4) is 0 Å². The van der Waals surface area contributed by atoms with Crippen LogP contribution in [0, 0.1) is 0 Å². The van der Waals surface area contributed by atoms with Crippen molar-refractivity contribution in [3.8, 4) is 0 Å². The quantitative estimate of drug-likeness (QED) is 0.652. The maximum absolute atomic E-state index is 12.0. The van der Waals surface area contributed by atoms with Gasteiger partial charge in [0.05, 0.1) is 0 Å². The van der Waals surface area contributed by atoms with Crippen LogP contribution in [0.15, 0.2) is 34.8 Å². The monoisotopic (exact) mass is 366 g/mol. The summed E-state index contributed by atoms with van der Waals surface area (Å²) in [5.41, 5.74) is 0.817. The number of halogens is 1. The zero-order valence-corrected chi connectivity index (χ0v) is 13.5. The average Bonchev–Trinajstić information content (AvgIpc) is 2.91. The van der Waals surface area contributed by atoms with Crippen molar-refractivity contribution in [2.45, 2.75) is 13.0 Å². The zero-order valence-electron chi connectivity index (χ0n) is 11.9. The maximum atomic E-state index is 12.0. The van der Waals surface area contributed by atoms with Gasteiger partial charge in [0.1, 0.15) is 0 Å². The molecule has 1 heterocycles. The number of nitrogens with zero attached hydrogens (tertiary/aromatic N) is 1. The van der Waals surface area contributed by atoms with Crippen LogP contribution in [0.1, 0.15) is 12.5 Å². The first kappa shape index (κ1) is 16.2. The summed E-state index contributed by atoms with van der Waals surface area (Å²) >= 11 is 3.36. The number of carbonyl (C=O) groups is 3. The minimum atomic E-state index is -1.01. The van der Waals surface area contributed by atoms with Gasteiger partial charge in [-0.05, 0) is 24.6 Å². The first-order valence-corrected chi connectivity index (χ1v) is 7.51. The van der Waals surface area contributed by atoms with Gasteiger partial charge in [-0.15, -0.1) is 0 Å². The van der Waals surface area contributed by atoms with Gasteiger partial charge >= 0.3 is 12.0 Å². The lowest BCUT2D eigenvalue weighted by Gasteiger charge is -2.17. The third-order valence-electron chi connectivity index (χ3n) is 3.07. The van der Waals surface area contributed by atoms with E-state index >= 15 is 0 Å². The molecule has 1 aromatic carbocycles. The van der Waals surface area contributed by atoms with Crippen LogP contribution in [-0.4, -0.2) is 42.0 Å². The summed E-state index contributed by atoms with van der Waals surface area (Å²) in [6, 6.07) is 6.92. The molecule has 3 amide bonds. The highest BCUT2D eigenvalue weighted by Crippen LogP contribution is 2.17. The molecule has 1 aliphatic heterocycles. The number of amides is 3. The van der Waals surface area contributed by atoms with E-state index in [1.165, 1.54) is 13.0 Å². The van der Waals surface area contributed by atoms with Crippen LogP contribution in [0.2, 0.25) is 0 Å². The van der Waals surface area contributed by atoms with E-state index in [4.69, 9.17) is 4.74 Å². The standard InChI is InChI=1S/C15H15BrN2O4/c1-10(14(20)18-9-8-17-15(18)21)22-13(19)7-6-11-4-2-3-5-12(11)16/h2-7,10H,8-9H2,1H3,(H,17,21)/b7-6+/t10-/m1/s1. The van der Waals surface area contributed by atoms with Crippen molar-refractivity contribution in [2.24, 2.45) is 0 Å². The summed E-state index contributed by atoms with van der Waals surface area (Å²) in [7, 11) is 0. The summed E-state index contributed by atoms with van der Waals surface area (Å²) in [6.07, 6.45) is 1.82. The molecule has 1 aliphatic rings. The van der Waals surface area contributed by atoms with E-state index < -0.39 is 24.0 Å². The molecule has 1 fully saturated rings. The van der Waals surface area contributed by atoms with Crippen molar-refractivity contribution in [1.29, 1.82) is 0 Å². The van der Waals surface area contributed by atoms with Crippen LogP contribution < -0.4 is 5.32 Å². The predicted octanol–water partition coefficient (Wildman–Crippen LogP) is 1.95. The molecule has 1 atom stereocenters. The number of ether oxygens (including phenoxy) is 1. The molecule has 0 saturated carbocycles. The Hall–Kier alpha value is -2.15. The van der Waals surface area contributed by atoms with E-state index in [2.05, 4.69) is 21.2 Å². The molecule has 0 unspecified atom stereocenters. The third kappa shape index (κ3) is 3.94. The number of benzene rings is 1. The molecule has 1 saturated heterocycles. The molecule has 1 aromatic rings. The van der Waals surface area contributed by atoms with E-state index in [0.717, 1.165) is 14.9 Å². The SMILES string of the molecule is C[C@@H](OC(=O)/C=C/c1ccccc1Br)C(=O)N1CCNC1=O. The van der Waals surface area contributed by atoms with E-state index in [1.807, 2.05) is 24.3 Å². The lowest BCUT2D eigenvalue weighted by atomic mass is 10.2. The molecule has 7 heteroatoms. The average molecular weight is 367 g/mol. The zero-order chi connectivity index (χ0) is 16.1. The number of esters is 1. The predicted molar refractivity (Wildman–Crippen MR) is 83.8 cm³/mol. The minimum Gasteiger partial charge on any atom is -0.449 e. The molecule has 1 N–H and O–H groups in total. The van der Waals surface area contributed by atoms with Crippen LogP contribution in [0.25, 0.3) is 6.08 Å². The molecular weight excluding hydrogens is 352 g/mol. The molecule has 22 heavy (non-hydrogen) atoms. The second-order valence-corrected chi connectivity index (χ2v) is 5.51. The molecule has 0 radical (unpaired) electrons. The Kier molecular flexibility index (Phi) is 5.32. The molecule has 0 aromatic heterocycles. The van der Waals surface area contributed by atoms with Crippen molar-refractivity contribution in [3.63, 3.8) is 0 Å². The Morgan fingerprint density at radius 2 is 2.14 bits per heavy atom. The number of urea groups is 1. The fourth-order valence-corrected chi connectivity index (χ4v) is 2.35. The highest BCUT2D eigenvalue weighted by Gasteiger charge is 2.31. The largest absolute Gasteiger partial charge is 0.449 e. The Balaban J connectivity index is 1.92. The van der Waals surface area contributed by atoms with Gasteiger partial charge in [-0.3, -0.25) is 9.69 Å². The fourth-order valence-electron chi connectivity index (χ4n) is 1.93. The van der Waals surface area contributed by atoms with Gasteiger partial charge in [0, 0.05) is 23.6 Å². The number of carbonyl (C=O) groups excluding carboxylic acids is 3. The number of rotatable bonds is 4. The van der Waals surface area contributed by atoms with Gasteiger partial charge in [0.25, 0.3) is 5.91 Å². The first-order chi connectivity index (χ1) is 10.5. The van der Waals surface area contributed by atoms with Crippen molar-refractivity contribution in [3.05, 3.63) is 40.4 Å². The molecule has 0 bridgehead atoms. The van der Waals surface area contributed by atoms with Gasteiger partial charge in [-0.25, -0.2) is 9.59 Å². The minimum absolute atomic E-state index is 0.284. The van der Waals surface area contributed by atoms with Crippen molar-refractivity contribution in [2.75, 3.05) is 13.1 Å². The number of nitrogens with one attached hydrogen (secondary N) is 1. The maximum Gasteiger partial charge on any atom is 0.331 e. The van der Waals surface area contributed by atoms with Gasteiger partial charge in [-0.1, -0.05) is 34.1 Å². The van der Waals surface area contributed by atoms with E-state index in [9.17, 15) is 14.4 Å². The topological polar surface area (TPSA) is 75.7 Å². The molecule has 6 nitrogen and oxygen atoms in total. The molecule has 116 valence electrons. The summed E-state index contributed by atoms with van der Waals surface area (Å²) < 4.78 is 5.87. The van der Waals surface area contributed by atoms with Crippen LogP contribution in [-0.2, 0) is 14.3 Å². The van der Waals surface area contributed by atoms with Crippen molar-refractivity contribution < 1.29 is 19.1 Å². The lowest BCUT2D eigenvalue weighted by molar-refractivity contribution is -0.153. The van der Waals surface area contributed by atoms with Gasteiger partial charge < -0.3 is 10.1 Å². The third-order valence-corrected chi connectivity index (χ3v) is 3.79. The van der Waals surface area contributed by atoms with E-state index in [-0.39, 0.29) is 6.54 Å². The Labute approximate surface area is 136 Å². The Morgan fingerprint density at radius 1 is 1.41 bits per heavy atom. The summed E-state index contributed by atoms with van der Waals surface area (Å²) in [5.74, 6) is -1.17. The molecular formula is C15H15BrN2O4. The molecule has 0 spiro atoms. The Morgan fingerprint density at radius 3 is 2.77 bits per heavy atom.